The molecule has 8 nitrogen and oxygen atoms in total. The number of carboxylic acids is 2. The van der Waals surface area contributed by atoms with E-state index in [0.717, 1.165) is 11.1 Å². The molecular formula is C23H30N4O4-2. The van der Waals surface area contributed by atoms with Crippen LogP contribution in [0.25, 0.3) is 0 Å². The summed E-state index contributed by atoms with van der Waals surface area (Å²) in [6, 6.07) is 6.68. The number of nitrogen functional groups attached to an aromatic ring is 2. The van der Waals surface area contributed by atoms with Gasteiger partial charge in [-0.15, -0.1) is 0 Å². The Bertz CT molecular complexity index is 893. The summed E-state index contributed by atoms with van der Waals surface area (Å²) in [5.41, 5.74) is 14.9. The topological polar surface area (TPSA) is 139 Å². The Labute approximate surface area is 183 Å². The third kappa shape index (κ3) is 5.96. The fourth-order valence-corrected chi connectivity index (χ4v) is 3.68. The summed E-state index contributed by atoms with van der Waals surface area (Å²) in [6.45, 7) is 1.24. The maximum Gasteiger partial charge on any atom is 0.0738 e. The van der Waals surface area contributed by atoms with Crippen molar-refractivity contribution in [3.63, 3.8) is 0 Å². The fraction of sp³-hybridized carbons (Fsp3) is 0.391. The van der Waals surface area contributed by atoms with Gasteiger partial charge < -0.3 is 41.1 Å². The van der Waals surface area contributed by atoms with E-state index in [9.17, 15) is 19.8 Å². The Morgan fingerprint density at radius 3 is 1.39 bits per heavy atom. The number of rotatable bonds is 10. The molecule has 4 N–H and O–H groups in total. The number of carbonyl (C=O) groups is 2. The normalized spacial score (nSPS) is 11.3. The molecule has 2 aromatic carbocycles. The highest BCUT2D eigenvalue weighted by molar-refractivity contribution is 5.95. The molecule has 0 heterocycles. The Hall–Kier alpha value is -3.10. The van der Waals surface area contributed by atoms with Gasteiger partial charge in [-0.05, 0) is 81.8 Å². The minimum Gasteiger partial charge on any atom is -0.545 e. The summed E-state index contributed by atoms with van der Waals surface area (Å²) in [5, 5.41) is 23.6. The highest BCUT2D eigenvalue weighted by Crippen LogP contribution is 2.28. The zero-order valence-electron chi connectivity index (χ0n) is 18.5. The van der Waals surface area contributed by atoms with Gasteiger partial charge in [0.25, 0.3) is 0 Å². The van der Waals surface area contributed by atoms with Crippen LogP contribution < -0.4 is 21.7 Å². The average Bonchev–Trinajstić information content (AvgIpc) is 2.66. The van der Waals surface area contributed by atoms with Crippen LogP contribution in [-0.2, 0) is 19.3 Å². The number of carboxylic acid groups (broad SMARTS) is 2. The predicted octanol–water partition coefficient (Wildman–Crippen LogP) is -0.623. The van der Waals surface area contributed by atoms with Crippen molar-refractivity contribution in [1.29, 1.82) is 0 Å². The van der Waals surface area contributed by atoms with Gasteiger partial charge >= 0.3 is 0 Å². The lowest BCUT2D eigenvalue weighted by atomic mass is 9.88. The molecule has 0 amide bonds. The minimum atomic E-state index is -1.33. The summed E-state index contributed by atoms with van der Waals surface area (Å²) in [6.07, 6.45) is 1.27. The summed E-state index contributed by atoms with van der Waals surface area (Å²) in [5.74, 6) is -2.65. The lowest BCUT2D eigenvalue weighted by Crippen LogP contribution is -2.28. The van der Waals surface area contributed by atoms with Crippen molar-refractivity contribution in [1.82, 2.24) is 9.80 Å². The van der Waals surface area contributed by atoms with Gasteiger partial charge in [-0.3, -0.25) is 0 Å². The van der Waals surface area contributed by atoms with Crippen LogP contribution in [0.4, 0.5) is 11.4 Å². The first-order valence-electron chi connectivity index (χ1n) is 10.1. The van der Waals surface area contributed by atoms with Crippen LogP contribution in [0.1, 0.15) is 43.0 Å². The van der Waals surface area contributed by atoms with Crippen molar-refractivity contribution in [2.75, 3.05) is 52.7 Å². The Morgan fingerprint density at radius 2 is 1.10 bits per heavy atom. The van der Waals surface area contributed by atoms with E-state index in [2.05, 4.69) is 0 Å². The van der Waals surface area contributed by atoms with Crippen LogP contribution in [0, 0.1) is 0 Å². The van der Waals surface area contributed by atoms with Crippen LogP contribution in [-0.4, -0.2) is 63.0 Å². The summed E-state index contributed by atoms with van der Waals surface area (Å²) in [7, 11) is 7.60. The molecule has 0 aliphatic heterocycles. The molecule has 0 spiro atoms. The van der Waals surface area contributed by atoms with E-state index in [1.807, 2.05) is 38.0 Å². The Balaban J connectivity index is 2.61. The molecule has 0 saturated carbocycles. The molecule has 0 unspecified atom stereocenters. The van der Waals surface area contributed by atoms with Crippen LogP contribution in [0.3, 0.4) is 0 Å². The molecule has 0 aliphatic rings. The zero-order chi connectivity index (χ0) is 23.3. The lowest BCUT2D eigenvalue weighted by molar-refractivity contribution is -0.256. The van der Waals surface area contributed by atoms with Gasteiger partial charge in [-0.25, -0.2) is 0 Å². The van der Waals surface area contributed by atoms with Gasteiger partial charge in [-0.1, -0.05) is 12.1 Å². The van der Waals surface area contributed by atoms with Crippen molar-refractivity contribution in [2.24, 2.45) is 0 Å². The van der Waals surface area contributed by atoms with Gasteiger partial charge in [-0.2, -0.15) is 0 Å². The van der Waals surface area contributed by atoms with E-state index in [1.54, 1.807) is 24.3 Å². The number of hydrogen-bond acceptors (Lipinski definition) is 8. The number of likely N-dealkylation sites (N-methyl/N-ethyl adjacent to an activating group) is 2. The first-order valence-corrected chi connectivity index (χ1v) is 10.1. The SMILES string of the molecule is CN(C)CCc1c(Cc2ccc(N)c(C(=O)[O-])c2CCN(C)C)ccc(N)c1C(=O)[O-]. The number of anilines is 2. The first-order chi connectivity index (χ1) is 14.5. The lowest BCUT2D eigenvalue weighted by Gasteiger charge is -2.22. The van der Waals surface area contributed by atoms with Crippen LogP contribution in [0.15, 0.2) is 24.3 Å². The highest BCUT2D eigenvalue weighted by Gasteiger charge is 2.18. The second-order valence-electron chi connectivity index (χ2n) is 8.19. The molecule has 0 radical (unpaired) electrons. The third-order valence-corrected chi connectivity index (χ3v) is 5.29. The number of nitrogens with zero attached hydrogens (tertiary/aromatic N) is 2. The van der Waals surface area contributed by atoms with Crippen molar-refractivity contribution >= 4 is 23.3 Å². The smallest absolute Gasteiger partial charge is 0.0738 e. The van der Waals surface area contributed by atoms with Crippen molar-refractivity contribution in [3.05, 3.63) is 57.6 Å². The van der Waals surface area contributed by atoms with Gasteiger partial charge in [0.1, 0.15) is 0 Å². The number of benzene rings is 2. The molecule has 0 aliphatic carbocycles. The second-order valence-corrected chi connectivity index (χ2v) is 8.19. The van der Waals surface area contributed by atoms with Crippen molar-refractivity contribution < 1.29 is 19.8 Å². The van der Waals surface area contributed by atoms with Gasteiger partial charge in [0, 0.05) is 35.6 Å². The molecule has 2 rings (SSSR count). The third-order valence-electron chi connectivity index (χ3n) is 5.29. The number of hydrogen-bond donors (Lipinski definition) is 2. The molecule has 0 saturated heterocycles. The molecule has 0 fully saturated rings. The number of aromatic carboxylic acids is 2. The molecule has 0 aromatic heterocycles. The van der Waals surface area contributed by atoms with Crippen LogP contribution in [0.2, 0.25) is 0 Å². The molecule has 168 valence electrons. The van der Waals surface area contributed by atoms with E-state index < -0.39 is 11.9 Å². The molecule has 2 aromatic rings. The summed E-state index contributed by atoms with van der Waals surface area (Å²) in [4.78, 5) is 27.5. The van der Waals surface area contributed by atoms with Gasteiger partial charge in [0.2, 0.25) is 0 Å². The Morgan fingerprint density at radius 1 is 0.742 bits per heavy atom. The van der Waals surface area contributed by atoms with Crippen LogP contribution >= 0.6 is 0 Å². The van der Waals surface area contributed by atoms with Gasteiger partial charge in [0.05, 0.1) is 11.9 Å². The standard InChI is InChI=1S/C23H32N4O4/c1-26(2)11-9-16-14(5-7-18(24)20(16)22(28)29)13-15-6-8-19(25)21(23(30)31)17(15)10-12-27(3)4/h5-8H,9-13,24-25H2,1-4H3,(H,28,29)(H,30,31)/p-2. The molecule has 0 bridgehead atoms. The highest BCUT2D eigenvalue weighted by atomic mass is 16.4. The maximum absolute atomic E-state index is 11.8. The van der Waals surface area contributed by atoms with E-state index in [4.69, 9.17) is 11.5 Å². The Kier molecular flexibility index (Phi) is 8.01. The summed E-state index contributed by atoms with van der Waals surface area (Å²) < 4.78 is 0. The monoisotopic (exact) mass is 426 g/mol. The van der Waals surface area contributed by atoms with E-state index in [-0.39, 0.29) is 22.5 Å². The maximum atomic E-state index is 11.8. The fourth-order valence-electron chi connectivity index (χ4n) is 3.68. The van der Waals surface area contributed by atoms with Gasteiger partial charge in [0.15, 0.2) is 0 Å². The van der Waals surface area contributed by atoms with E-state index in [1.165, 1.54) is 0 Å². The van der Waals surface area contributed by atoms with Crippen LogP contribution in [0.5, 0.6) is 0 Å². The quantitative estimate of drug-likeness (QED) is 0.479. The first kappa shape index (κ1) is 24.2. The molecule has 31 heavy (non-hydrogen) atoms. The zero-order valence-corrected chi connectivity index (χ0v) is 18.5. The predicted molar refractivity (Wildman–Crippen MR) is 118 cm³/mol. The molecule has 8 heteroatoms. The minimum absolute atomic E-state index is 0.00948. The average molecular weight is 427 g/mol. The van der Waals surface area contributed by atoms with Crippen molar-refractivity contribution in [2.45, 2.75) is 19.3 Å². The largest absolute Gasteiger partial charge is 0.545 e. The van der Waals surface area contributed by atoms with E-state index in [0.29, 0.717) is 43.5 Å². The molecular weight excluding hydrogens is 396 g/mol. The summed E-state index contributed by atoms with van der Waals surface area (Å²) >= 11 is 0. The second kappa shape index (κ2) is 10.3. The molecule has 0 atom stereocenters. The van der Waals surface area contributed by atoms with Crippen molar-refractivity contribution in [3.8, 4) is 0 Å². The number of carbonyl (C=O) groups excluding carboxylic acids is 2. The number of nitrogens with two attached hydrogens (primary N) is 2. The van der Waals surface area contributed by atoms with E-state index >= 15 is 0 Å².